The maximum Gasteiger partial charge on any atom is 0.309 e. The van der Waals surface area contributed by atoms with Crippen LogP contribution in [0.15, 0.2) is 88.5 Å². The first kappa shape index (κ1) is 24.1. The molecular formula is C28H20ClNO7. The smallest absolute Gasteiger partial charge is 0.309 e. The zero-order valence-corrected chi connectivity index (χ0v) is 20.2. The second-order valence-electron chi connectivity index (χ2n) is 8.48. The molecular weight excluding hydrogens is 498 g/mol. The zero-order valence-electron chi connectivity index (χ0n) is 19.5. The first-order valence-corrected chi connectivity index (χ1v) is 11.6. The largest absolute Gasteiger partial charge is 0.508 e. The second-order valence-corrected chi connectivity index (χ2v) is 8.91. The Bertz CT molecular complexity index is 1590. The summed E-state index contributed by atoms with van der Waals surface area (Å²) in [6.07, 6.45) is 0.0457. The van der Waals surface area contributed by atoms with Crippen LogP contribution in [0.1, 0.15) is 27.7 Å². The quantitative estimate of drug-likeness (QED) is 0.263. The van der Waals surface area contributed by atoms with Crippen LogP contribution in [0.5, 0.6) is 5.75 Å². The molecule has 1 amide bonds. The van der Waals surface area contributed by atoms with Gasteiger partial charge in [0.25, 0.3) is 5.91 Å². The molecule has 1 atom stereocenters. The minimum absolute atomic E-state index is 0.0457. The Morgan fingerprint density at radius 2 is 1.78 bits per heavy atom. The molecule has 0 bridgehead atoms. The van der Waals surface area contributed by atoms with E-state index in [2.05, 4.69) is 0 Å². The van der Waals surface area contributed by atoms with Crippen LogP contribution in [-0.2, 0) is 20.7 Å². The number of benzene rings is 3. The number of rotatable bonds is 6. The Kier molecular flexibility index (Phi) is 6.19. The average molecular weight is 518 g/mol. The van der Waals surface area contributed by atoms with Crippen LogP contribution < -0.4 is 4.90 Å². The van der Waals surface area contributed by atoms with Crippen molar-refractivity contribution in [3.05, 3.63) is 106 Å². The maximum absolute atomic E-state index is 13.7. The molecule has 0 saturated carbocycles. The molecule has 186 valence electrons. The summed E-state index contributed by atoms with van der Waals surface area (Å²) in [5, 5.41) is 22.1. The number of carbonyl (C=O) groups excluding carboxylic acids is 3. The van der Waals surface area contributed by atoms with Crippen molar-refractivity contribution in [3.63, 3.8) is 0 Å². The summed E-state index contributed by atoms with van der Waals surface area (Å²) >= 11 is 6.05. The van der Waals surface area contributed by atoms with E-state index in [9.17, 15) is 24.6 Å². The number of aliphatic hydroxyl groups is 1. The van der Waals surface area contributed by atoms with E-state index in [1.165, 1.54) is 30.2 Å². The van der Waals surface area contributed by atoms with Crippen LogP contribution in [-0.4, -0.2) is 35.0 Å². The number of amides is 1. The summed E-state index contributed by atoms with van der Waals surface area (Å²) in [7, 11) is 1.29. The summed E-state index contributed by atoms with van der Waals surface area (Å²) in [5.74, 6) is -2.77. The highest BCUT2D eigenvalue weighted by Crippen LogP contribution is 2.43. The molecule has 9 heteroatoms. The van der Waals surface area contributed by atoms with Gasteiger partial charge in [-0.2, -0.15) is 0 Å². The molecule has 0 saturated heterocycles. The van der Waals surface area contributed by atoms with Gasteiger partial charge < -0.3 is 19.4 Å². The van der Waals surface area contributed by atoms with Gasteiger partial charge in [-0.1, -0.05) is 35.9 Å². The number of ether oxygens (including phenoxy) is 1. The van der Waals surface area contributed by atoms with Gasteiger partial charge in [-0.25, -0.2) is 0 Å². The van der Waals surface area contributed by atoms with Gasteiger partial charge in [0.05, 0.1) is 25.1 Å². The van der Waals surface area contributed by atoms with E-state index in [1.807, 2.05) is 0 Å². The van der Waals surface area contributed by atoms with E-state index in [0.29, 0.717) is 32.8 Å². The molecule has 8 nitrogen and oxygen atoms in total. The molecule has 1 unspecified atom stereocenters. The molecule has 0 fully saturated rings. The minimum atomic E-state index is -1.06. The van der Waals surface area contributed by atoms with Gasteiger partial charge in [-0.05, 0) is 59.7 Å². The van der Waals surface area contributed by atoms with Crippen molar-refractivity contribution in [2.45, 2.75) is 12.5 Å². The van der Waals surface area contributed by atoms with Crippen molar-refractivity contribution in [1.82, 2.24) is 0 Å². The standard InChI is InChI=1S/C28H20ClNO7/c1-36-23(32)11-15-5-8-19(9-6-15)30-25(16-3-2-4-20(31)13-16)24(27(34)28(30)35)26(33)22-14-17-12-18(29)7-10-21(17)37-22/h2-10,12-14,25,31,34H,11H2,1H3. The second kappa shape index (κ2) is 9.48. The number of ketones is 1. The summed E-state index contributed by atoms with van der Waals surface area (Å²) < 4.78 is 10.4. The van der Waals surface area contributed by atoms with Crippen molar-refractivity contribution in [2.24, 2.45) is 0 Å². The number of methoxy groups -OCH3 is 1. The first-order valence-electron chi connectivity index (χ1n) is 11.2. The number of phenols is 1. The molecule has 0 radical (unpaired) electrons. The Morgan fingerprint density at radius 3 is 2.49 bits per heavy atom. The van der Waals surface area contributed by atoms with E-state index in [-0.39, 0.29) is 23.5 Å². The molecule has 0 aliphatic carbocycles. The Labute approximate surface area is 215 Å². The molecule has 2 N–H and O–H groups in total. The van der Waals surface area contributed by atoms with Gasteiger partial charge in [0.2, 0.25) is 5.78 Å². The highest BCUT2D eigenvalue weighted by atomic mass is 35.5. The number of carbonyl (C=O) groups is 3. The number of nitrogens with zero attached hydrogens (tertiary/aromatic N) is 1. The summed E-state index contributed by atoms with van der Waals surface area (Å²) in [6, 6.07) is 17.9. The molecule has 1 aromatic heterocycles. The molecule has 0 spiro atoms. The van der Waals surface area contributed by atoms with Crippen LogP contribution in [0.2, 0.25) is 5.02 Å². The third kappa shape index (κ3) is 4.43. The van der Waals surface area contributed by atoms with E-state index >= 15 is 0 Å². The number of anilines is 1. The highest BCUT2D eigenvalue weighted by Gasteiger charge is 2.45. The maximum atomic E-state index is 13.7. The number of Topliss-reactive ketones (excluding diaryl/α,β-unsaturated/α-hetero) is 1. The molecule has 37 heavy (non-hydrogen) atoms. The lowest BCUT2D eigenvalue weighted by molar-refractivity contribution is -0.139. The van der Waals surface area contributed by atoms with Gasteiger partial charge in [0, 0.05) is 16.1 Å². The van der Waals surface area contributed by atoms with E-state index in [1.54, 1.807) is 54.6 Å². The van der Waals surface area contributed by atoms with Crippen LogP contribution in [0, 0.1) is 0 Å². The van der Waals surface area contributed by atoms with Crippen LogP contribution in [0.25, 0.3) is 11.0 Å². The van der Waals surface area contributed by atoms with Crippen molar-refractivity contribution < 1.29 is 33.8 Å². The zero-order chi connectivity index (χ0) is 26.3. The Hall–Kier alpha value is -4.56. The van der Waals surface area contributed by atoms with Gasteiger partial charge in [-0.15, -0.1) is 0 Å². The predicted molar refractivity (Wildman–Crippen MR) is 136 cm³/mol. The number of fused-ring (bicyclic) bond motifs is 1. The highest BCUT2D eigenvalue weighted by molar-refractivity contribution is 6.31. The molecule has 3 aromatic carbocycles. The fourth-order valence-corrected chi connectivity index (χ4v) is 4.57. The number of hydrogen-bond donors (Lipinski definition) is 2. The van der Waals surface area contributed by atoms with Crippen molar-refractivity contribution in [1.29, 1.82) is 0 Å². The normalized spacial score (nSPS) is 15.5. The number of phenolic OH excluding ortho intramolecular Hbond substituents is 1. The van der Waals surface area contributed by atoms with Crippen LogP contribution >= 0.6 is 11.6 Å². The summed E-state index contributed by atoms with van der Waals surface area (Å²) in [5.41, 5.74) is 1.66. The molecule has 5 rings (SSSR count). The number of furan rings is 1. The lowest BCUT2D eigenvalue weighted by atomic mass is 9.94. The van der Waals surface area contributed by atoms with Gasteiger partial charge in [-0.3, -0.25) is 19.3 Å². The SMILES string of the molecule is COC(=O)Cc1ccc(N2C(=O)C(O)=C(C(=O)c3cc4cc(Cl)ccc4o3)C2c2cccc(O)c2)cc1. The third-order valence-corrected chi connectivity index (χ3v) is 6.37. The Balaban J connectivity index is 1.59. The fraction of sp³-hybridized carbons (Fsp3) is 0.107. The molecule has 2 heterocycles. The lowest BCUT2D eigenvalue weighted by Gasteiger charge is -2.27. The third-order valence-electron chi connectivity index (χ3n) is 6.13. The lowest BCUT2D eigenvalue weighted by Crippen LogP contribution is -2.31. The Morgan fingerprint density at radius 1 is 1.03 bits per heavy atom. The number of hydrogen-bond acceptors (Lipinski definition) is 7. The number of aliphatic hydroxyl groups excluding tert-OH is 1. The van der Waals surface area contributed by atoms with E-state index < -0.39 is 29.5 Å². The van der Waals surface area contributed by atoms with Crippen LogP contribution in [0.4, 0.5) is 5.69 Å². The minimum Gasteiger partial charge on any atom is -0.508 e. The fourth-order valence-electron chi connectivity index (χ4n) is 4.39. The van der Waals surface area contributed by atoms with Gasteiger partial charge >= 0.3 is 5.97 Å². The first-order chi connectivity index (χ1) is 17.8. The number of halogens is 1. The van der Waals surface area contributed by atoms with Crippen LogP contribution in [0.3, 0.4) is 0 Å². The topological polar surface area (TPSA) is 117 Å². The van der Waals surface area contributed by atoms with Gasteiger partial charge in [0.1, 0.15) is 11.3 Å². The predicted octanol–water partition coefficient (Wildman–Crippen LogP) is 5.29. The molecule has 1 aliphatic heterocycles. The van der Waals surface area contributed by atoms with E-state index in [0.717, 1.165) is 0 Å². The summed E-state index contributed by atoms with van der Waals surface area (Å²) in [4.78, 5) is 39.9. The average Bonchev–Trinajstić information content (AvgIpc) is 3.42. The molecule has 4 aromatic rings. The molecule has 1 aliphatic rings. The summed E-state index contributed by atoms with van der Waals surface area (Å²) in [6.45, 7) is 0. The number of esters is 1. The van der Waals surface area contributed by atoms with Gasteiger partial charge in [0.15, 0.2) is 11.5 Å². The van der Waals surface area contributed by atoms with Crippen molar-refractivity contribution in [3.8, 4) is 5.75 Å². The van der Waals surface area contributed by atoms with Crippen molar-refractivity contribution >= 4 is 45.9 Å². The monoisotopic (exact) mass is 517 g/mol. The number of aromatic hydroxyl groups is 1. The van der Waals surface area contributed by atoms with Crippen molar-refractivity contribution in [2.75, 3.05) is 12.0 Å². The van der Waals surface area contributed by atoms with E-state index in [4.69, 9.17) is 20.8 Å².